The lowest BCUT2D eigenvalue weighted by Gasteiger charge is -2.00. The Balaban J connectivity index is 2.61. The maximum absolute atomic E-state index is 5.90. The highest BCUT2D eigenvalue weighted by molar-refractivity contribution is 9.10. The van der Waals surface area contributed by atoms with Crippen LogP contribution in [0.4, 0.5) is 0 Å². The Labute approximate surface area is 99.7 Å². The summed E-state index contributed by atoms with van der Waals surface area (Å²) in [6.07, 6.45) is 0. The molecule has 14 heavy (non-hydrogen) atoms. The summed E-state index contributed by atoms with van der Waals surface area (Å²) in [4.78, 5) is 5.47. The highest BCUT2D eigenvalue weighted by atomic mass is 79.9. The van der Waals surface area contributed by atoms with Crippen molar-refractivity contribution in [2.75, 3.05) is 0 Å². The highest BCUT2D eigenvalue weighted by Crippen LogP contribution is 2.35. The van der Waals surface area contributed by atoms with Gasteiger partial charge in [-0.3, -0.25) is 0 Å². The summed E-state index contributed by atoms with van der Waals surface area (Å²) in [6.45, 7) is 1.98. The Morgan fingerprint density at radius 3 is 2.64 bits per heavy atom. The maximum Gasteiger partial charge on any atom is 0.133 e. The van der Waals surface area contributed by atoms with Crippen LogP contribution in [0.25, 0.3) is 10.6 Å². The first kappa shape index (κ1) is 10.2. The standard InChI is InChI=1S/C9H8BrClN2S/c1-5-12-9(10)8(13(5)2)6-3-4-7(11)14-6/h3-4H,1-2H3. The third kappa shape index (κ3) is 1.62. The predicted molar refractivity (Wildman–Crippen MR) is 64.0 cm³/mol. The van der Waals surface area contributed by atoms with Crippen molar-refractivity contribution < 1.29 is 0 Å². The molecule has 0 atom stereocenters. The Morgan fingerprint density at radius 2 is 2.21 bits per heavy atom. The number of hydrogen-bond donors (Lipinski definition) is 0. The van der Waals surface area contributed by atoms with Crippen LogP contribution in [-0.4, -0.2) is 9.55 Å². The first-order valence-electron chi connectivity index (χ1n) is 4.04. The molecular weight excluding hydrogens is 284 g/mol. The first-order chi connectivity index (χ1) is 6.59. The molecule has 2 aromatic heterocycles. The van der Waals surface area contributed by atoms with Crippen LogP contribution in [0.5, 0.6) is 0 Å². The average molecular weight is 292 g/mol. The Kier molecular flexibility index (Phi) is 2.68. The third-order valence-corrected chi connectivity index (χ3v) is 3.87. The van der Waals surface area contributed by atoms with Crippen molar-refractivity contribution in [3.63, 3.8) is 0 Å². The van der Waals surface area contributed by atoms with E-state index < -0.39 is 0 Å². The fourth-order valence-electron chi connectivity index (χ4n) is 1.28. The molecule has 0 radical (unpaired) electrons. The summed E-state index contributed by atoms with van der Waals surface area (Å²) < 4.78 is 3.72. The van der Waals surface area contributed by atoms with Crippen LogP contribution in [0.2, 0.25) is 4.34 Å². The van der Waals surface area contributed by atoms with E-state index in [1.165, 1.54) is 0 Å². The van der Waals surface area contributed by atoms with Gasteiger partial charge in [0.05, 0.1) is 14.9 Å². The van der Waals surface area contributed by atoms with Gasteiger partial charge in [0.15, 0.2) is 0 Å². The van der Waals surface area contributed by atoms with Gasteiger partial charge in [-0.15, -0.1) is 11.3 Å². The van der Waals surface area contributed by atoms with E-state index in [-0.39, 0.29) is 0 Å². The van der Waals surface area contributed by atoms with E-state index in [0.717, 1.165) is 25.3 Å². The minimum absolute atomic E-state index is 0.797. The van der Waals surface area contributed by atoms with Gasteiger partial charge >= 0.3 is 0 Å². The van der Waals surface area contributed by atoms with Crippen molar-refractivity contribution in [2.45, 2.75) is 6.92 Å². The number of nitrogens with zero attached hydrogens (tertiary/aromatic N) is 2. The van der Waals surface area contributed by atoms with Crippen LogP contribution >= 0.6 is 38.9 Å². The molecule has 0 unspecified atom stereocenters. The van der Waals surface area contributed by atoms with Crippen molar-refractivity contribution in [1.29, 1.82) is 0 Å². The van der Waals surface area contributed by atoms with Crippen LogP contribution in [0.15, 0.2) is 16.7 Å². The molecule has 0 aliphatic carbocycles. The molecule has 5 heteroatoms. The number of imidazole rings is 1. The van der Waals surface area contributed by atoms with Gasteiger partial charge in [-0.25, -0.2) is 4.98 Å². The number of rotatable bonds is 1. The van der Waals surface area contributed by atoms with Gasteiger partial charge in [0.25, 0.3) is 0 Å². The quantitative estimate of drug-likeness (QED) is 0.780. The minimum atomic E-state index is 0.797. The molecule has 2 heterocycles. The van der Waals surface area contributed by atoms with E-state index >= 15 is 0 Å². The Hall–Kier alpha value is -0.320. The second kappa shape index (κ2) is 3.68. The molecule has 0 bridgehead atoms. The largest absolute Gasteiger partial charge is 0.330 e. The van der Waals surface area contributed by atoms with E-state index in [1.807, 2.05) is 30.7 Å². The van der Waals surface area contributed by atoms with Crippen molar-refractivity contribution in [1.82, 2.24) is 9.55 Å². The Bertz CT molecular complexity index is 475. The molecule has 2 rings (SSSR count). The van der Waals surface area contributed by atoms with Crippen molar-refractivity contribution in [3.05, 3.63) is 26.9 Å². The summed E-state index contributed by atoms with van der Waals surface area (Å²) in [5.41, 5.74) is 1.08. The van der Waals surface area contributed by atoms with Crippen LogP contribution in [0, 0.1) is 6.92 Å². The number of thiophene rings is 1. The molecule has 0 aliphatic heterocycles. The van der Waals surface area contributed by atoms with Crippen molar-refractivity contribution in [3.8, 4) is 10.6 Å². The van der Waals surface area contributed by atoms with Crippen molar-refractivity contribution >= 4 is 38.9 Å². The van der Waals surface area contributed by atoms with Crippen LogP contribution in [0.1, 0.15) is 5.82 Å². The maximum atomic E-state index is 5.90. The Morgan fingerprint density at radius 1 is 1.50 bits per heavy atom. The summed E-state index contributed by atoms with van der Waals surface area (Å²) in [5.74, 6) is 0.983. The molecule has 0 N–H and O–H groups in total. The van der Waals surface area contributed by atoms with Crippen molar-refractivity contribution in [2.24, 2.45) is 7.05 Å². The SMILES string of the molecule is Cc1nc(Br)c(-c2ccc(Cl)s2)n1C. The molecule has 0 saturated heterocycles. The van der Waals surface area contributed by atoms with Gasteiger partial charge in [-0.05, 0) is 35.0 Å². The van der Waals surface area contributed by atoms with E-state index in [4.69, 9.17) is 11.6 Å². The number of hydrogen-bond acceptors (Lipinski definition) is 2. The van der Waals surface area contributed by atoms with Gasteiger partial charge in [0.2, 0.25) is 0 Å². The molecule has 0 aromatic carbocycles. The zero-order chi connectivity index (χ0) is 10.3. The summed E-state index contributed by atoms with van der Waals surface area (Å²) in [6, 6.07) is 3.91. The lowest BCUT2D eigenvalue weighted by Crippen LogP contribution is -1.92. The fourth-order valence-corrected chi connectivity index (χ4v) is 3.27. The molecular formula is C9H8BrClN2S. The smallest absolute Gasteiger partial charge is 0.133 e. The van der Waals surface area contributed by atoms with Crippen LogP contribution < -0.4 is 0 Å². The van der Waals surface area contributed by atoms with Gasteiger partial charge in [-0.1, -0.05) is 11.6 Å². The monoisotopic (exact) mass is 290 g/mol. The second-order valence-electron chi connectivity index (χ2n) is 2.96. The lowest BCUT2D eigenvalue weighted by atomic mass is 10.4. The fraction of sp³-hybridized carbons (Fsp3) is 0.222. The number of halogens is 2. The van der Waals surface area contributed by atoms with Gasteiger partial charge in [0.1, 0.15) is 10.4 Å². The van der Waals surface area contributed by atoms with Gasteiger partial charge in [-0.2, -0.15) is 0 Å². The summed E-state index contributed by atoms with van der Waals surface area (Å²) in [7, 11) is 2.00. The van der Waals surface area contributed by atoms with Crippen LogP contribution in [-0.2, 0) is 7.05 Å². The van der Waals surface area contributed by atoms with Gasteiger partial charge in [0, 0.05) is 7.05 Å². The molecule has 0 aliphatic rings. The van der Waals surface area contributed by atoms with E-state index in [9.17, 15) is 0 Å². The zero-order valence-corrected chi connectivity index (χ0v) is 10.9. The lowest BCUT2D eigenvalue weighted by molar-refractivity contribution is 0.866. The molecule has 0 fully saturated rings. The average Bonchev–Trinajstić information content (AvgIpc) is 2.60. The molecule has 0 saturated carbocycles. The van der Waals surface area contributed by atoms with E-state index in [2.05, 4.69) is 20.9 Å². The second-order valence-corrected chi connectivity index (χ2v) is 5.43. The number of aromatic nitrogens is 2. The van der Waals surface area contributed by atoms with Crippen LogP contribution in [0.3, 0.4) is 0 Å². The van der Waals surface area contributed by atoms with E-state index in [0.29, 0.717) is 0 Å². The molecule has 2 aromatic rings. The molecule has 2 nitrogen and oxygen atoms in total. The third-order valence-electron chi connectivity index (χ3n) is 2.08. The zero-order valence-electron chi connectivity index (χ0n) is 7.71. The van der Waals surface area contributed by atoms with E-state index in [1.54, 1.807) is 11.3 Å². The molecule has 0 amide bonds. The first-order valence-corrected chi connectivity index (χ1v) is 6.03. The summed E-state index contributed by atoms with van der Waals surface area (Å²) >= 11 is 10.9. The highest BCUT2D eigenvalue weighted by Gasteiger charge is 2.13. The molecule has 74 valence electrons. The number of aryl methyl sites for hydroxylation is 1. The topological polar surface area (TPSA) is 17.8 Å². The predicted octanol–water partition coefficient (Wildman–Crippen LogP) is 3.87. The minimum Gasteiger partial charge on any atom is -0.330 e. The summed E-state index contributed by atoms with van der Waals surface area (Å²) in [5, 5.41) is 0. The van der Waals surface area contributed by atoms with Gasteiger partial charge < -0.3 is 4.57 Å². The normalized spacial score (nSPS) is 10.9. The molecule has 0 spiro atoms.